The molecule has 0 aromatic heterocycles. The van der Waals surface area contributed by atoms with Crippen molar-refractivity contribution < 1.29 is 18.7 Å². The zero-order valence-electron chi connectivity index (χ0n) is 17.3. The third-order valence-electron chi connectivity index (χ3n) is 4.40. The zero-order chi connectivity index (χ0) is 22.9. The topological polar surface area (TPSA) is 71.3 Å². The Morgan fingerprint density at radius 1 is 1.12 bits per heavy atom. The highest BCUT2D eigenvalue weighted by Gasteiger charge is 2.13. The van der Waals surface area contributed by atoms with Gasteiger partial charge in [-0.15, -0.1) is 0 Å². The van der Waals surface area contributed by atoms with Crippen LogP contribution in [0.5, 0.6) is 11.5 Å². The maximum atomic E-state index is 13.9. The van der Waals surface area contributed by atoms with Crippen LogP contribution in [-0.4, -0.2) is 12.5 Å². The van der Waals surface area contributed by atoms with Crippen LogP contribution in [0.3, 0.4) is 0 Å². The first-order chi connectivity index (χ1) is 15.5. The molecule has 0 bridgehead atoms. The predicted molar refractivity (Wildman–Crippen MR) is 125 cm³/mol. The van der Waals surface area contributed by atoms with E-state index in [1.54, 1.807) is 60.7 Å². The van der Waals surface area contributed by atoms with Crippen LogP contribution in [0.1, 0.15) is 18.1 Å². The number of halogens is 2. The molecular formula is C25H20BrFN2O3. The Bertz CT molecular complexity index is 1170. The number of benzene rings is 3. The normalized spacial score (nSPS) is 10.9. The number of hydrogen-bond donors (Lipinski definition) is 1. The van der Waals surface area contributed by atoms with Gasteiger partial charge in [0, 0.05) is 21.3 Å². The van der Waals surface area contributed by atoms with E-state index in [0.717, 1.165) is 4.47 Å². The maximum Gasteiger partial charge on any atom is 0.266 e. The van der Waals surface area contributed by atoms with Crippen molar-refractivity contribution in [3.05, 3.63) is 93.7 Å². The number of amides is 1. The molecule has 7 heteroatoms. The summed E-state index contributed by atoms with van der Waals surface area (Å²) in [7, 11) is 0. The minimum atomic E-state index is -0.559. The molecule has 3 aromatic carbocycles. The first-order valence-corrected chi connectivity index (χ1v) is 10.6. The second-order valence-electron chi connectivity index (χ2n) is 6.64. The van der Waals surface area contributed by atoms with Gasteiger partial charge in [0.1, 0.15) is 35.6 Å². The maximum absolute atomic E-state index is 13.9. The van der Waals surface area contributed by atoms with E-state index in [9.17, 15) is 14.4 Å². The average molecular weight is 495 g/mol. The van der Waals surface area contributed by atoms with Crippen LogP contribution in [0, 0.1) is 17.1 Å². The lowest BCUT2D eigenvalue weighted by Crippen LogP contribution is -2.13. The Hall–Kier alpha value is -3.63. The van der Waals surface area contributed by atoms with Crippen LogP contribution in [0.2, 0.25) is 0 Å². The molecule has 0 radical (unpaired) electrons. The van der Waals surface area contributed by atoms with Gasteiger partial charge in [-0.1, -0.05) is 34.1 Å². The average Bonchev–Trinajstić information content (AvgIpc) is 2.79. The number of rotatable bonds is 8. The molecular weight excluding hydrogens is 475 g/mol. The number of carbonyl (C=O) groups is 1. The Morgan fingerprint density at radius 3 is 2.56 bits per heavy atom. The lowest BCUT2D eigenvalue weighted by molar-refractivity contribution is -0.112. The summed E-state index contributed by atoms with van der Waals surface area (Å²) < 4.78 is 25.8. The van der Waals surface area contributed by atoms with Crippen LogP contribution in [0.15, 0.2) is 76.8 Å². The molecule has 0 heterocycles. The highest BCUT2D eigenvalue weighted by molar-refractivity contribution is 9.10. The van der Waals surface area contributed by atoms with Gasteiger partial charge in [-0.2, -0.15) is 5.26 Å². The molecule has 0 aliphatic rings. The minimum Gasteiger partial charge on any atom is -0.494 e. The highest BCUT2D eigenvalue weighted by Crippen LogP contribution is 2.27. The fraction of sp³-hybridized carbons (Fsp3) is 0.120. The SMILES string of the molecule is CCOc1ccc(NC(=O)/C(C#N)=C/c2cc(Br)ccc2OCc2ccccc2F)cc1. The number of carbonyl (C=O) groups excluding carboxylic acids is 1. The molecule has 0 saturated carbocycles. The molecule has 32 heavy (non-hydrogen) atoms. The molecule has 0 fully saturated rings. The molecule has 0 aliphatic carbocycles. The molecule has 1 N–H and O–H groups in total. The molecule has 0 aliphatic heterocycles. The van der Waals surface area contributed by atoms with Gasteiger partial charge in [0.25, 0.3) is 5.91 Å². The standard InChI is InChI=1S/C25H20BrFN2O3/c1-2-31-22-10-8-21(9-11-22)29-25(30)19(15-28)13-18-14-20(26)7-12-24(18)32-16-17-5-3-4-6-23(17)27/h3-14H,2,16H2,1H3,(H,29,30)/b19-13+. The fourth-order valence-corrected chi connectivity index (χ4v) is 3.22. The van der Waals surface area contributed by atoms with Crippen LogP contribution < -0.4 is 14.8 Å². The number of nitriles is 1. The van der Waals surface area contributed by atoms with Gasteiger partial charge < -0.3 is 14.8 Å². The third-order valence-corrected chi connectivity index (χ3v) is 4.89. The number of anilines is 1. The van der Waals surface area contributed by atoms with E-state index in [4.69, 9.17) is 9.47 Å². The van der Waals surface area contributed by atoms with Crippen molar-refractivity contribution in [3.8, 4) is 17.6 Å². The minimum absolute atomic E-state index is 0.00933. The Kier molecular flexibility index (Phi) is 8.01. The van der Waals surface area contributed by atoms with Gasteiger partial charge in [0.05, 0.1) is 6.61 Å². The number of nitrogens with one attached hydrogen (secondary N) is 1. The van der Waals surface area contributed by atoms with Gasteiger partial charge in [-0.25, -0.2) is 4.39 Å². The van der Waals surface area contributed by atoms with Crippen molar-refractivity contribution in [2.75, 3.05) is 11.9 Å². The van der Waals surface area contributed by atoms with Crippen LogP contribution in [-0.2, 0) is 11.4 Å². The summed E-state index contributed by atoms with van der Waals surface area (Å²) >= 11 is 3.39. The molecule has 3 rings (SSSR count). The third kappa shape index (κ3) is 6.19. The summed E-state index contributed by atoms with van der Waals surface area (Å²) in [5.41, 5.74) is 1.34. The van der Waals surface area contributed by atoms with E-state index in [1.807, 2.05) is 13.0 Å². The molecule has 0 spiro atoms. The molecule has 0 atom stereocenters. The zero-order valence-corrected chi connectivity index (χ0v) is 18.9. The van der Waals surface area contributed by atoms with Crippen LogP contribution in [0.25, 0.3) is 6.08 Å². The fourth-order valence-electron chi connectivity index (χ4n) is 2.84. The predicted octanol–water partition coefficient (Wildman–Crippen LogP) is 6.11. The van der Waals surface area contributed by atoms with Gasteiger partial charge in [0.15, 0.2) is 0 Å². The lowest BCUT2D eigenvalue weighted by atomic mass is 10.1. The first kappa shape index (κ1) is 23.0. The van der Waals surface area contributed by atoms with E-state index in [1.165, 1.54) is 12.1 Å². The summed E-state index contributed by atoms with van der Waals surface area (Å²) in [4.78, 5) is 12.6. The summed E-state index contributed by atoms with van der Waals surface area (Å²) in [5, 5.41) is 12.2. The van der Waals surface area contributed by atoms with E-state index >= 15 is 0 Å². The first-order valence-electron chi connectivity index (χ1n) is 9.82. The van der Waals surface area contributed by atoms with Crippen molar-refractivity contribution in [1.29, 1.82) is 5.26 Å². The largest absolute Gasteiger partial charge is 0.494 e. The van der Waals surface area contributed by atoms with E-state index in [0.29, 0.717) is 34.9 Å². The lowest BCUT2D eigenvalue weighted by Gasteiger charge is -2.11. The van der Waals surface area contributed by atoms with Crippen LogP contribution >= 0.6 is 15.9 Å². The van der Waals surface area contributed by atoms with E-state index in [2.05, 4.69) is 21.2 Å². The smallest absolute Gasteiger partial charge is 0.266 e. The summed E-state index contributed by atoms with van der Waals surface area (Å²) in [5.74, 6) is 0.177. The van der Waals surface area contributed by atoms with Gasteiger partial charge >= 0.3 is 0 Å². The van der Waals surface area contributed by atoms with Crippen molar-refractivity contribution in [2.24, 2.45) is 0 Å². The second kappa shape index (κ2) is 11.1. The van der Waals surface area contributed by atoms with Gasteiger partial charge in [-0.05, 0) is 61.5 Å². The molecule has 1 amide bonds. The Morgan fingerprint density at radius 2 is 1.88 bits per heavy atom. The second-order valence-corrected chi connectivity index (χ2v) is 7.56. The summed E-state index contributed by atoms with van der Waals surface area (Å²) in [6.07, 6.45) is 1.44. The molecule has 5 nitrogen and oxygen atoms in total. The Balaban J connectivity index is 1.79. The monoisotopic (exact) mass is 494 g/mol. The van der Waals surface area contributed by atoms with Crippen LogP contribution in [0.4, 0.5) is 10.1 Å². The molecule has 3 aromatic rings. The highest BCUT2D eigenvalue weighted by atomic mass is 79.9. The quantitative estimate of drug-likeness (QED) is 0.302. The molecule has 0 saturated heterocycles. The van der Waals surface area contributed by atoms with Gasteiger partial charge in [-0.3, -0.25) is 4.79 Å². The van der Waals surface area contributed by atoms with Crippen molar-refractivity contribution in [1.82, 2.24) is 0 Å². The van der Waals surface area contributed by atoms with Gasteiger partial charge in [0.2, 0.25) is 0 Å². The van der Waals surface area contributed by atoms with Crippen molar-refractivity contribution in [2.45, 2.75) is 13.5 Å². The summed E-state index contributed by atoms with van der Waals surface area (Å²) in [6.45, 7) is 2.44. The van der Waals surface area contributed by atoms with Crippen molar-refractivity contribution in [3.63, 3.8) is 0 Å². The Labute approximate surface area is 194 Å². The number of nitrogens with zero attached hydrogens (tertiary/aromatic N) is 1. The number of ether oxygens (including phenoxy) is 2. The van der Waals surface area contributed by atoms with Crippen molar-refractivity contribution >= 4 is 33.6 Å². The summed E-state index contributed by atoms with van der Waals surface area (Å²) in [6, 6.07) is 20.3. The van der Waals surface area contributed by atoms with E-state index < -0.39 is 5.91 Å². The molecule has 0 unspecified atom stereocenters. The van der Waals surface area contributed by atoms with E-state index in [-0.39, 0.29) is 18.0 Å². The number of hydrogen-bond acceptors (Lipinski definition) is 4. The molecule has 162 valence electrons.